The van der Waals surface area contributed by atoms with Crippen LogP contribution >= 0.6 is 0 Å². The first-order valence-corrected chi connectivity index (χ1v) is 8.50. The molecule has 4 aromatic rings. The van der Waals surface area contributed by atoms with Crippen molar-refractivity contribution in [3.05, 3.63) is 83.7 Å². The van der Waals surface area contributed by atoms with Gasteiger partial charge in [-0.25, -0.2) is 0 Å². The van der Waals surface area contributed by atoms with Crippen molar-refractivity contribution < 1.29 is 5.11 Å². The number of fused-ring (bicyclic) bond motifs is 1. The number of aromatic nitrogens is 4. The number of anilines is 1. The van der Waals surface area contributed by atoms with Gasteiger partial charge in [-0.1, -0.05) is 42.5 Å². The topological polar surface area (TPSA) is 75.3 Å². The fourth-order valence-electron chi connectivity index (χ4n) is 2.86. The molecule has 26 heavy (non-hydrogen) atoms. The SMILES string of the molecule is C[C@H](Nc1ccc2nnc(Cc3ccc(O)cc3)n2n1)c1ccccc1. The summed E-state index contributed by atoms with van der Waals surface area (Å²) in [5.41, 5.74) is 2.94. The molecule has 0 radical (unpaired) electrons. The van der Waals surface area contributed by atoms with E-state index in [-0.39, 0.29) is 11.8 Å². The molecule has 1 atom stereocenters. The number of nitrogens with zero attached hydrogens (tertiary/aromatic N) is 4. The van der Waals surface area contributed by atoms with E-state index >= 15 is 0 Å². The Bertz CT molecular complexity index is 1010. The second-order valence-corrected chi connectivity index (χ2v) is 6.22. The lowest BCUT2D eigenvalue weighted by Crippen LogP contribution is -2.10. The van der Waals surface area contributed by atoms with Crippen LogP contribution in [0.2, 0.25) is 0 Å². The highest BCUT2D eigenvalue weighted by Crippen LogP contribution is 2.18. The summed E-state index contributed by atoms with van der Waals surface area (Å²) in [6, 6.07) is 21.3. The third-order valence-electron chi connectivity index (χ3n) is 4.29. The van der Waals surface area contributed by atoms with Crippen LogP contribution in [-0.2, 0) is 6.42 Å². The van der Waals surface area contributed by atoms with Gasteiger partial charge < -0.3 is 10.4 Å². The summed E-state index contributed by atoms with van der Waals surface area (Å²) in [4.78, 5) is 0. The summed E-state index contributed by atoms with van der Waals surface area (Å²) in [5.74, 6) is 1.77. The summed E-state index contributed by atoms with van der Waals surface area (Å²) in [5, 5.41) is 25.9. The molecule has 0 spiro atoms. The smallest absolute Gasteiger partial charge is 0.178 e. The summed E-state index contributed by atoms with van der Waals surface area (Å²) >= 11 is 0. The maximum atomic E-state index is 9.41. The zero-order valence-corrected chi connectivity index (χ0v) is 14.4. The molecule has 0 amide bonds. The van der Waals surface area contributed by atoms with E-state index in [9.17, 15) is 5.11 Å². The quantitative estimate of drug-likeness (QED) is 0.578. The maximum Gasteiger partial charge on any atom is 0.178 e. The van der Waals surface area contributed by atoms with E-state index in [1.54, 1.807) is 16.6 Å². The van der Waals surface area contributed by atoms with Crippen LogP contribution in [0.15, 0.2) is 66.7 Å². The minimum absolute atomic E-state index is 0.137. The molecule has 0 aliphatic carbocycles. The van der Waals surface area contributed by atoms with Crippen molar-refractivity contribution in [2.24, 2.45) is 0 Å². The molecule has 0 saturated carbocycles. The minimum atomic E-state index is 0.137. The van der Waals surface area contributed by atoms with Gasteiger partial charge in [-0.05, 0) is 42.3 Å². The van der Waals surface area contributed by atoms with Crippen LogP contribution in [0, 0.1) is 0 Å². The second kappa shape index (κ2) is 6.84. The molecule has 6 heteroatoms. The van der Waals surface area contributed by atoms with Crippen LogP contribution in [0.5, 0.6) is 5.75 Å². The van der Waals surface area contributed by atoms with Crippen molar-refractivity contribution in [3.8, 4) is 5.75 Å². The fourth-order valence-corrected chi connectivity index (χ4v) is 2.86. The monoisotopic (exact) mass is 345 g/mol. The zero-order chi connectivity index (χ0) is 17.9. The van der Waals surface area contributed by atoms with Crippen molar-refractivity contribution in [3.63, 3.8) is 0 Å². The lowest BCUT2D eigenvalue weighted by Gasteiger charge is -2.14. The van der Waals surface area contributed by atoms with Crippen LogP contribution < -0.4 is 5.32 Å². The maximum absolute atomic E-state index is 9.41. The number of rotatable bonds is 5. The van der Waals surface area contributed by atoms with Gasteiger partial charge in [-0.15, -0.1) is 15.3 Å². The van der Waals surface area contributed by atoms with Gasteiger partial charge in [-0.2, -0.15) is 4.52 Å². The number of nitrogens with one attached hydrogen (secondary N) is 1. The number of benzene rings is 2. The van der Waals surface area contributed by atoms with Gasteiger partial charge >= 0.3 is 0 Å². The van der Waals surface area contributed by atoms with E-state index in [0.717, 1.165) is 17.2 Å². The minimum Gasteiger partial charge on any atom is -0.508 e. The van der Waals surface area contributed by atoms with Gasteiger partial charge in [0, 0.05) is 12.5 Å². The summed E-state index contributed by atoms with van der Waals surface area (Å²) in [6.07, 6.45) is 0.589. The summed E-state index contributed by atoms with van der Waals surface area (Å²) in [6.45, 7) is 2.10. The largest absolute Gasteiger partial charge is 0.508 e. The number of hydrogen-bond donors (Lipinski definition) is 2. The standard InChI is InChI=1S/C20H19N5O/c1-14(16-5-3-2-4-6-16)21-18-11-12-19-22-23-20(25(19)24-18)13-15-7-9-17(26)10-8-15/h2-12,14,26H,13H2,1H3,(H,21,24)/t14-/m0/s1. The Kier molecular flexibility index (Phi) is 4.23. The molecular formula is C20H19N5O. The molecule has 0 aliphatic heterocycles. The molecule has 4 rings (SSSR count). The number of hydrogen-bond acceptors (Lipinski definition) is 5. The molecule has 2 aromatic carbocycles. The van der Waals surface area contributed by atoms with Crippen LogP contribution in [0.25, 0.3) is 5.65 Å². The molecule has 2 N–H and O–H groups in total. The van der Waals surface area contributed by atoms with Gasteiger partial charge in [0.1, 0.15) is 11.6 Å². The molecular weight excluding hydrogens is 326 g/mol. The van der Waals surface area contributed by atoms with E-state index in [2.05, 4.69) is 39.7 Å². The first kappa shape index (κ1) is 16.1. The molecule has 6 nitrogen and oxygen atoms in total. The average molecular weight is 345 g/mol. The molecule has 130 valence electrons. The van der Waals surface area contributed by atoms with Crippen LogP contribution in [-0.4, -0.2) is 24.9 Å². The predicted octanol–water partition coefficient (Wildman–Crippen LogP) is 3.59. The Hall–Kier alpha value is -3.41. The van der Waals surface area contributed by atoms with E-state index in [1.807, 2.05) is 42.5 Å². The van der Waals surface area contributed by atoms with E-state index < -0.39 is 0 Å². The van der Waals surface area contributed by atoms with Gasteiger partial charge in [0.05, 0.1) is 0 Å². The predicted molar refractivity (Wildman–Crippen MR) is 100 cm³/mol. The summed E-state index contributed by atoms with van der Waals surface area (Å²) < 4.78 is 1.76. The Morgan fingerprint density at radius 3 is 2.50 bits per heavy atom. The van der Waals surface area contributed by atoms with E-state index in [0.29, 0.717) is 12.1 Å². The lowest BCUT2D eigenvalue weighted by molar-refractivity contribution is 0.475. The summed E-state index contributed by atoms with van der Waals surface area (Å²) in [7, 11) is 0. The molecule has 0 saturated heterocycles. The highest BCUT2D eigenvalue weighted by atomic mass is 16.3. The molecule has 0 aliphatic rings. The molecule has 2 heterocycles. The van der Waals surface area contributed by atoms with E-state index in [4.69, 9.17) is 0 Å². The number of phenolic OH excluding ortho intramolecular Hbond substituents is 1. The normalized spacial score (nSPS) is 12.2. The van der Waals surface area contributed by atoms with Gasteiger partial charge in [-0.3, -0.25) is 0 Å². The highest BCUT2D eigenvalue weighted by molar-refractivity contribution is 5.45. The second-order valence-electron chi connectivity index (χ2n) is 6.22. The Balaban J connectivity index is 1.59. The Morgan fingerprint density at radius 2 is 1.73 bits per heavy atom. The van der Waals surface area contributed by atoms with Crippen molar-refractivity contribution in [2.45, 2.75) is 19.4 Å². The van der Waals surface area contributed by atoms with Crippen LogP contribution in [0.3, 0.4) is 0 Å². The van der Waals surface area contributed by atoms with Crippen LogP contribution in [0.4, 0.5) is 5.82 Å². The van der Waals surface area contributed by atoms with Gasteiger partial charge in [0.15, 0.2) is 11.5 Å². The van der Waals surface area contributed by atoms with Crippen molar-refractivity contribution in [2.75, 3.05) is 5.32 Å². The van der Waals surface area contributed by atoms with Crippen molar-refractivity contribution in [1.82, 2.24) is 19.8 Å². The fraction of sp³-hybridized carbons (Fsp3) is 0.150. The highest BCUT2D eigenvalue weighted by Gasteiger charge is 2.11. The van der Waals surface area contributed by atoms with E-state index in [1.165, 1.54) is 5.56 Å². The zero-order valence-electron chi connectivity index (χ0n) is 14.4. The third kappa shape index (κ3) is 3.35. The molecule has 0 bridgehead atoms. The van der Waals surface area contributed by atoms with Crippen LogP contribution in [0.1, 0.15) is 29.9 Å². The molecule has 2 aromatic heterocycles. The van der Waals surface area contributed by atoms with Crippen molar-refractivity contribution >= 4 is 11.5 Å². The molecule has 0 fully saturated rings. The number of phenols is 1. The number of aromatic hydroxyl groups is 1. The lowest BCUT2D eigenvalue weighted by atomic mass is 10.1. The Labute approximate surface area is 151 Å². The average Bonchev–Trinajstić information content (AvgIpc) is 3.06. The first-order chi connectivity index (χ1) is 12.7. The van der Waals surface area contributed by atoms with Crippen molar-refractivity contribution in [1.29, 1.82) is 0 Å². The van der Waals surface area contributed by atoms with Gasteiger partial charge in [0.2, 0.25) is 0 Å². The molecule has 0 unspecified atom stereocenters. The third-order valence-corrected chi connectivity index (χ3v) is 4.29. The first-order valence-electron chi connectivity index (χ1n) is 8.50. The Morgan fingerprint density at radius 1 is 0.962 bits per heavy atom. The van der Waals surface area contributed by atoms with Gasteiger partial charge in [0.25, 0.3) is 0 Å².